The number of benzene rings is 2. The molecule has 1 aliphatic carbocycles. The standard InChI is InChI=1S/C19H24N2O.C6H5ClO3S/c22-19-16-6-2-4-14-3-1-5-15(18(14)16)11-21(19)17-12-20-9-7-13(17)8-10-20;7-5-2-1-3-6(4-5)11(8,9)10/h2,4,6,13,15,17H,1,3,5,7-12H2;1-4H,(H,8,9,10)/t15-,17-;/m1./s1. The molecule has 0 saturated carbocycles. The minimum absolute atomic E-state index is 0.190. The second-order valence-electron chi connectivity index (χ2n) is 9.56. The number of carbonyl (C=O) groups excluding carboxylic acids is 1. The van der Waals surface area contributed by atoms with E-state index < -0.39 is 10.1 Å². The Morgan fingerprint density at radius 2 is 1.76 bits per heavy atom. The topological polar surface area (TPSA) is 77.9 Å². The van der Waals surface area contributed by atoms with Gasteiger partial charge in [-0.25, -0.2) is 0 Å². The molecule has 1 N–H and O–H groups in total. The summed E-state index contributed by atoms with van der Waals surface area (Å²) in [6.45, 7) is 4.57. The number of hydrogen-bond acceptors (Lipinski definition) is 4. The Hall–Kier alpha value is -1.93. The quantitative estimate of drug-likeness (QED) is 0.639. The summed E-state index contributed by atoms with van der Waals surface area (Å²) in [6, 6.07) is 12.3. The number of carbonyl (C=O) groups is 1. The summed E-state index contributed by atoms with van der Waals surface area (Å²) in [7, 11) is -4.11. The van der Waals surface area contributed by atoms with Gasteiger partial charge < -0.3 is 9.80 Å². The van der Waals surface area contributed by atoms with Crippen molar-refractivity contribution >= 4 is 27.6 Å². The largest absolute Gasteiger partial charge is 0.333 e. The molecule has 0 radical (unpaired) electrons. The number of rotatable bonds is 2. The third-order valence-corrected chi connectivity index (χ3v) is 8.71. The molecular weight excluding hydrogens is 460 g/mol. The predicted molar refractivity (Wildman–Crippen MR) is 127 cm³/mol. The van der Waals surface area contributed by atoms with Crippen molar-refractivity contribution in [2.75, 3.05) is 26.2 Å². The summed E-state index contributed by atoms with van der Waals surface area (Å²) >= 11 is 5.48. The molecule has 7 rings (SSSR count). The van der Waals surface area contributed by atoms with Crippen molar-refractivity contribution in [3.8, 4) is 0 Å². The molecule has 0 unspecified atom stereocenters. The van der Waals surface area contributed by atoms with E-state index in [1.165, 1.54) is 74.2 Å². The lowest BCUT2D eigenvalue weighted by molar-refractivity contribution is 0.00258. The maximum absolute atomic E-state index is 13.1. The Kier molecular flexibility index (Phi) is 6.25. The van der Waals surface area contributed by atoms with Crippen LogP contribution in [0, 0.1) is 5.92 Å². The molecule has 3 saturated heterocycles. The van der Waals surface area contributed by atoms with Crippen LogP contribution < -0.4 is 0 Å². The van der Waals surface area contributed by atoms with Gasteiger partial charge in [0, 0.05) is 35.6 Å². The van der Waals surface area contributed by atoms with Crippen LogP contribution in [0.2, 0.25) is 5.02 Å². The number of fused-ring (bicyclic) bond motifs is 3. The van der Waals surface area contributed by atoms with Gasteiger partial charge in [0.25, 0.3) is 16.0 Å². The molecule has 2 atom stereocenters. The molecule has 1 amide bonds. The molecule has 0 spiro atoms. The van der Waals surface area contributed by atoms with Crippen LogP contribution in [0.25, 0.3) is 0 Å². The molecule has 6 nitrogen and oxygen atoms in total. The van der Waals surface area contributed by atoms with Gasteiger partial charge in [-0.05, 0) is 86.5 Å². The van der Waals surface area contributed by atoms with Gasteiger partial charge in [0.1, 0.15) is 0 Å². The first-order chi connectivity index (χ1) is 15.8. The molecule has 4 aliphatic heterocycles. The third kappa shape index (κ3) is 4.56. The highest BCUT2D eigenvalue weighted by atomic mass is 35.5. The molecule has 3 fully saturated rings. The number of hydrogen-bond donors (Lipinski definition) is 1. The number of aryl methyl sites for hydroxylation is 1. The Bertz CT molecular complexity index is 1160. The van der Waals surface area contributed by atoms with E-state index in [1.807, 2.05) is 0 Å². The molecule has 8 heteroatoms. The van der Waals surface area contributed by atoms with Gasteiger partial charge in [-0.2, -0.15) is 8.42 Å². The highest BCUT2D eigenvalue weighted by Gasteiger charge is 2.43. The Morgan fingerprint density at radius 3 is 2.39 bits per heavy atom. The Balaban J connectivity index is 0.000000177. The number of amides is 1. The molecule has 5 aliphatic rings. The molecular formula is C25H29ClN2O4S. The van der Waals surface area contributed by atoms with Crippen molar-refractivity contribution in [2.45, 2.75) is 49.0 Å². The molecule has 2 bridgehead atoms. The minimum atomic E-state index is -4.11. The first-order valence-corrected chi connectivity index (χ1v) is 13.5. The third-order valence-electron chi connectivity index (χ3n) is 7.63. The lowest BCUT2D eigenvalue weighted by Crippen LogP contribution is -2.60. The fraction of sp³-hybridized carbons (Fsp3) is 0.480. The second kappa shape index (κ2) is 9.02. The van der Waals surface area contributed by atoms with Gasteiger partial charge in [0.2, 0.25) is 0 Å². The monoisotopic (exact) mass is 488 g/mol. The molecule has 2 aromatic rings. The highest BCUT2D eigenvalue weighted by Crippen LogP contribution is 2.41. The van der Waals surface area contributed by atoms with Crippen LogP contribution in [-0.4, -0.2) is 60.9 Å². The summed E-state index contributed by atoms with van der Waals surface area (Å²) in [5, 5.41) is 0.278. The average Bonchev–Trinajstić information content (AvgIpc) is 2.82. The van der Waals surface area contributed by atoms with Gasteiger partial charge in [-0.15, -0.1) is 0 Å². The Morgan fingerprint density at radius 1 is 1.00 bits per heavy atom. The van der Waals surface area contributed by atoms with Gasteiger partial charge in [0.15, 0.2) is 0 Å². The SMILES string of the molecule is O=C1c2cccc3c2[C@H](CCC3)CN1[C@@H]1CN2CCC1CC2.O=S(=O)(O)c1cccc(Cl)c1. The van der Waals surface area contributed by atoms with Crippen LogP contribution in [-0.2, 0) is 16.5 Å². The zero-order valence-corrected chi connectivity index (χ0v) is 20.1. The molecule has 4 heterocycles. The van der Waals surface area contributed by atoms with Crippen molar-refractivity contribution in [2.24, 2.45) is 5.92 Å². The molecule has 33 heavy (non-hydrogen) atoms. The first kappa shape index (κ1) is 22.8. The van der Waals surface area contributed by atoms with Crippen LogP contribution in [0.15, 0.2) is 47.4 Å². The van der Waals surface area contributed by atoms with E-state index in [0.29, 0.717) is 17.9 Å². The maximum atomic E-state index is 13.1. The van der Waals surface area contributed by atoms with Gasteiger partial charge in [-0.1, -0.05) is 29.8 Å². The maximum Gasteiger partial charge on any atom is 0.294 e. The van der Waals surface area contributed by atoms with E-state index in [-0.39, 0.29) is 9.92 Å². The Labute approximate surface area is 200 Å². The van der Waals surface area contributed by atoms with Crippen LogP contribution >= 0.6 is 11.6 Å². The first-order valence-electron chi connectivity index (χ1n) is 11.7. The molecule has 176 valence electrons. The number of nitrogens with zero attached hydrogens (tertiary/aromatic N) is 2. The minimum Gasteiger partial charge on any atom is -0.333 e. The summed E-state index contributed by atoms with van der Waals surface area (Å²) in [5.41, 5.74) is 3.86. The summed E-state index contributed by atoms with van der Waals surface area (Å²) in [6.07, 6.45) is 6.27. The smallest absolute Gasteiger partial charge is 0.294 e. The molecule has 2 aromatic carbocycles. The predicted octanol–water partition coefficient (Wildman–Crippen LogP) is 4.24. The van der Waals surface area contributed by atoms with Crippen molar-refractivity contribution < 1.29 is 17.8 Å². The lowest BCUT2D eigenvalue weighted by Gasteiger charge is -2.51. The summed E-state index contributed by atoms with van der Waals surface area (Å²) in [4.78, 5) is 17.8. The van der Waals surface area contributed by atoms with Crippen LogP contribution in [0.3, 0.4) is 0 Å². The fourth-order valence-electron chi connectivity index (χ4n) is 6.04. The van der Waals surface area contributed by atoms with E-state index in [9.17, 15) is 13.2 Å². The van der Waals surface area contributed by atoms with E-state index >= 15 is 0 Å². The van der Waals surface area contributed by atoms with Crippen LogP contribution in [0.5, 0.6) is 0 Å². The van der Waals surface area contributed by atoms with E-state index in [1.54, 1.807) is 0 Å². The lowest BCUT2D eigenvalue weighted by atomic mass is 9.75. The number of piperidine rings is 3. The van der Waals surface area contributed by atoms with Crippen LogP contribution in [0.1, 0.15) is 53.1 Å². The summed E-state index contributed by atoms with van der Waals surface area (Å²) in [5.74, 6) is 1.64. The van der Waals surface area contributed by atoms with Gasteiger partial charge in [-0.3, -0.25) is 9.35 Å². The van der Waals surface area contributed by atoms with E-state index in [4.69, 9.17) is 16.2 Å². The van der Waals surface area contributed by atoms with Crippen molar-refractivity contribution in [3.05, 3.63) is 64.2 Å². The van der Waals surface area contributed by atoms with Crippen molar-refractivity contribution in [1.82, 2.24) is 9.80 Å². The van der Waals surface area contributed by atoms with Gasteiger partial charge in [0.05, 0.1) is 4.90 Å². The summed E-state index contributed by atoms with van der Waals surface area (Å²) < 4.78 is 29.5. The average molecular weight is 489 g/mol. The zero-order valence-electron chi connectivity index (χ0n) is 18.5. The highest BCUT2D eigenvalue weighted by molar-refractivity contribution is 7.85. The fourth-order valence-corrected chi connectivity index (χ4v) is 6.82. The second-order valence-corrected chi connectivity index (χ2v) is 11.4. The van der Waals surface area contributed by atoms with E-state index in [2.05, 4.69) is 28.0 Å². The van der Waals surface area contributed by atoms with Crippen molar-refractivity contribution in [1.29, 1.82) is 0 Å². The van der Waals surface area contributed by atoms with Gasteiger partial charge >= 0.3 is 0 Å². The zero-order chi connectivity index (χ0) is 23.2. The molecule has 0 aromatic heterocycles. The van der Waals surface area contributed by atoms with E-state index in [0.717, 1.165) is 31.0 Å². The van der Waals surface area contributed by atoms with Crippen molar-refractivity contribution in [3.63, 3.8) is 0 Å². The number of halogens is 1. The van der Waals surface area contributed by atoms with Crippen LogP contribution in [0.4, 0.5) is 0 Å². The normalized spacial score (nSPS) is 28.1.